The fourth-order valence-corrected chi connectivity index (χ4v) is 5.89. The third-order valence-electron chi connectivity index (χ3n) is 8.64. The van der Waals surface area contributed by atoms with E-state index in [1.54, 1.807) is 0 Å². The molecule has 4 nitrogen and oxygen atoms in total. The molecule has 0 aromatic carbocycles. The van der Waals surface area contributed by atoms with E-state index in [9.17, 15) is 19.8 Å². The minimum atomic E-state index is -2.17. The molecule has 0 heterocycles. The maximum atomic E-state index is 12.7. The quantitative estimate of drug-likeness (QED) is 0.0439. The van der Waals surface area contributed by atoms with Crippen LogP contribution in [0.25, 0.3) is 0 Å². The molecular weight excluding hydrogens is 544 g/mol. The number of ketones is 2. The number of Topliss-reactive ketones (excluding diaryl/α,β-unsaturated/α-hetero) is 2. The normalized spacial score (nSPS) is 13.9. The smallest absolute Gasteiger partial charge is 0.169 e. The monoisotopic (exact) mass is 612 g/mol. The highest BCUT2D eigenvalue weighted by Crippen LogP contribution is 2.22. The highest BCUT2D eigenvalue weighted by molar-refractivity contribution is 6.21. The van der Waals surface area contributed by atoms with E-state index >= 15 is 0 Å². The number of carbonyl (C=O) groups excluding carboxylic acids is 2. The van der Waals surface area contributed by atoms with Crippen molar-refractivity contribution in [3.63, 3.8) is 0 Å². The first kappa shape index (κ1) is 41.3. The Morgan fingerprint density at radius 3 is 1.29 bits per heavy atom. The lowest BCUT2D eigenvalue weighted by molar-refractivity contribution is -0.156. The molecule has 2 atom stereocenters. The van der Waals surface area contributed by atoms with Crippen LogP contribution in [-0.4, -0.2) is 39.4 Å². The molecule has 0 amide bonds. The van der Waals surface area contributed by atoms with Gasteiger partial charge in [0.05, 0.1) is 5.88 Å². The van der Waals surface area contributed by atoms with Gasteiger partial charge < -0.3 is 10.2 Å². The summed E-state index contributed by atoms with van der Waals surface area (Å²) in [6.45, 7) is 4.50. The van der Waals surface area contributed by atoms with Crippen molar-refractivity contribution in [2.45, 2.75) is 205 Å². The maximum absolute atomic E-state index is 12.7. The van der Waals surface area contributed by atoms with Crippen molar-refractivity contribution >= 4 is 23.2 Å². The number of alkyl halides is 1. The Hall–Kier alpha value is -0.710. The summed E-state index contributed by atoms with van der Waals surface area (Å²) in [5, 5.41) is 21.3. The van der Waals surface area contributed by atoms with Crippen molar-refractivity contribution in [2.75, 3.05) is 5.88 Å². The molecule has 0 rings (SSSR count). The number of allylic oxidation sites excluding steroid dienone is 2. The highest BCUT2D eigenvalue weighted by atomic mass is 35.5. The van der Waals surface area contributed by atoms with Gasteiger partial charge in [0, 0.05) is 12.8 Å². The molecule has 0 bridgehead atoms. The van der Waals surface area contributed by atoms with Gasteiger partial charge in [0.15, 0.2) is 17.2 Å². The predicted octanol–water partition coefficient (Wildman–Crippen LogP) is 11.0. The lowest BCUT2D eigenvalue weighted by Crippen LogP contribution is -2.54. The van der Waals surface area contributed by atoms with E-state index in [2.05, 4.69) is 26.0 Å². The van der Waals surface area contributed by atoms with E-state index in [1.165, 1.54) is 109 Å². The molecule has 0 aromatic rings. The molecule has 5 heteroatoms. The largest absolute Gasteiger partial charge is 0.382 e. The van der Waals surface area contributed by atoms with E-state index in [1.807, 2.05) is 0 Å². The fraction of sp³-hybridized carbons (Fsp3) is 0.892. The van der Waals surface area contributed by atoms with E-state index in [0.29, 0.717) is 12.8 Å². The topological polar surface area (TPSA) is 74.6 Å². The van der Waals surface area contributed by atoms with Gasteiger partial charge in [-0.25, -0.2) is 0 Å². The molecule has 0 aromatic heterocycles. The molecule has 0 aliphatic carbocycles. The summed E-state index contributed by atoms with van der Waals surface area (Å²) in [4.78, 5) is 25.2. The van der Waals surface area contributed by atoms with Gasteiger partial charge in [-0.1, -0.05) is 154 Å². The lowest BCUT2D eigenvalue weighted by atomic mass is 9.86. The molecule has 2 unspecified atom stereocenters. The van der Waals surface area contributed by atoms with E-state index < -0.39 is 29.2 Å². The summed E-state index contributed by atoms with van der Waals surface area (Å²) in [6.07, 6.45) is 34.2. The molecule has 0 spiro atoms. The zero-order valence-corrected chi connectivity index (χ0v) is 28.6. The second-order valence-corrected chi connectivity index (χ2v) is 12.9. The van der Waals surface area contributed by atoms with Crippen LogP contribution in [0.4, 0.5) is 0 Å². The average Bonchev–Trinajstić information content (AvgIpc) is 3.00. The predicted molar refractivity (Wildman–Crippen MR) is 181 cm³/mol. The van der Waals surface area contributed by atoms with Crippen LogP contribution in [0.1, 0.15) is 194 Å². The molecule has 0 saturated carbocycles. The fourth-order valence-electron chi connectivity index (χ4n) is 5.59. The summed E-state index contributed by atoms with van der Waals surface area (Å²) < 4.78 is 0. The summed E-state index contributed by atoms with van der Waals surface area (Å²) in [6, 6.07) is 0. The number of halogens is 1. The zero-order chi connectivity index (χ0) is 31.2. The first-order valence-corrected chi connectivity index (χ1v) is 18.6. The summed E-state index contributed by atoms with van der Waals surface area (Å²) in [7, 11) is 0. The van der Waals surface area contributed by atoms with Gasteiger partial charge in [0.25, 0.3) is 0 Å². The first-order chi connectivity index (χ1) is 20.4. The summed E-state index contributed by atoms with van der Waals surface area (Å²) in [5.74, 6) is -1.44. The van der Waals surface area contributed by atoms with Crippen molar-refractivity contribution in [3.8, 4) is 0 Å². The van der Waals surface area contributed by atoms with Gasteiger partial charge in [-0.15, -0.1) is 11.6 Å². The minimum absolute atomic E-state index is 0.143. The molecule has 0 aliphatic heterocycles. The molecule has 248 valence electrons. The van der Waals surface area contributed by atoms with Crippen molar-refractivity contribution in [2.24, 2.45) is 0 Å². The standard InChI is InChI=1S/C37H69ClO4/c1-3-5-7-9-11-13-15-17-18-20-22-24-26-28-30-32-35(40)37(42,33-38)36(41)34(39)31-29-27-25-23-21-19-16-14-12-10-8-6-4-2/h17-18,36,41-42H,3-16,19-33H2,1-2H3/b18-17+. The Morgan fingerprint density at radius 2 is 0.905 bits per heavy atom. The van der Waals surface area contributed by atoms with Crippen LogP contribution in [0.3, 0.4) is 0 Å². The van der Waals surface area contributed by atoms with Crippen LogP contribution in [0.15, 0.2) is 12.2 Å². The Kier molecular flexibility index (Phi) is 29.8. The average molecular weight is 613 g/mol. The van der Waals surface area contributed by atoms with Crippen LogP contribution < -0.4 is 0 Å². The molecule has 0 radical (unpaired) electrons. The number of rotatable bonds is 33. The first-order valence-electron chi connectivity index (χ1n) is 18.1. The second-order valence-electron chi connectivity index (χ2n) is 12.7. The lowest BCUT2D eigenvalue weighted by Gasteiger charge is -2.28. The van der Waals surface area contributed by atoms with Crippen molar-refractivity contribution < 1.29 is 19.8 Å². The zero-order valence-electron chi connectivity index (χ0n) is 27.8. The maximum Gasteiger partial charge on any atom is 0.169 e. The van der Waals surface area contributed by atoms with E-state index in [4.69, 9.17) is 11.6 Å². The number of aliphatic hydroxyl groups is 2. The van der Waals surface area contributed by atoms with E-state index in [-0.39, 0.29) is 12.8 Å². The number of hydrogen-bond acceptors (Lipinski definition) is 4. The summed E-state index contributed by atoms with van der Waals surface area (Å²) in [5.41, 5.74) is -2.17. The Balaban J connectivity index is 3.88. The Morgan fingerprint density at radius 1 is 0.571 bits per heavy atom. The van der Waals surface area contributed by atoms with Crippen LogP contribution in [-0.2, 0) is 9.59 Å². The number of unbranched alkanes of at least 4 members (excludes halogenated alkanes) is 23. The van der Waals surface area contributed by atoms with Crippen LogP contribution in [0.5, 0.6) is 0 Å². The number of aliphatic hydroxyl groups excluding tert-OH is 1. The Labute approximate surface area is 265 Å². The summed E-state index contributed by atoms with van der Waals surface area (Å²) >= 11 is 5.91. The third kappa shape index (κ3) is 22.8. The minimum Gasteiger partial charge on any atom is -0.382 e. The molecule has 0 saturated heterocycles. The van der Waals surface area contributed by atoms with Crippen molar-refractivity contribution in [3.05, 3.63) is 12.2 Å². The molecule has 2 N–H and O–H groups in total. The van der Waals surface area contributed by atoms with Gasteiger partial charge in [0.2, 0.25) is 0 Å². The van der Waals surface area contributed by atoms with Crippen LogP contribution in [0, 0.1) is 0 Å². The van der Waals surface area contributed by atoms with Crippen molar-refractivity contribution in [1.29, 1.82) is 0 Å². The highest BCUT2D eigenvalue weighted by Gasteiger charge is 2.45. The third-order valence-corrected chi connectivity index (χ3v) is 9.04. The van der Waals surface area contributed by atoms with Crippen LogP contribution >= 0.6 is 11.6 Å². The van der Waals surface area contributed by atoms with E-state index in [0.717, 1.165) is 44.9 Å². The van der Waals surface area contributed by atoms with Crippen LogP contribution in [0.2, 0.25) is 0 Å². The van der Waals surface area contributed by atoms with Gasteiger partial charge in [-0.3, -0.25) is 9.59 Å². The molecule has 0 aliphatic rings. The van der Waals surface area contributed by atoms with Gasteiger partial charge in [-0.05, 0) is 38.5 Å². The number of carbonyl (C=O) groups is 2. The molecule has 0 fully saturated rings. The second kappa shape index (κ2) is 30.3. The van der Waals surface area contributed by atoms with Gasteiger partial charge in [-0.2, -0.15) is 0 Å². The van der Waals surface area contributed by atoms with Gasteiger partial charge >= 0.3 is 0 Å². The molecular formula is C37H69ClO4. The molecule has 42 heavy (non-hydrogen) atoms. The Bertz CT molecular complexity index is 650. The number of hydrogen-bond donors (Lipinski definition) is 2. The van der Waals surface area contributed by atoms with Gasteiger partial charge in [0.1, 0.15) is 6.10 Å². The van der Waals surface area contributed by atoms with Crippen molar-refractivity contribution in [1.82, 2.24) is 0 Å². The SMILES string of the molecule is CCCCCCCC/C=C/CCCCCCCC(=O)C(O)(CCl)C(O)C(=O)CCCCCCCCCCCCCCC.